The molecule has 2 aromatic heterocycles. The molecule has 0 aliphatic carbocycles. The molecular weight excluding hydrogens is 296 g/mol. The van der Waals surface area contributed by atoms with Gasteiger partial charge in [-0.25, -0.2) is 4.98 Å². The van der Waals surface area contributed by atoms with Gasteiger partial charge in [0.25, 0.3) is 5.91 Å². The lowest BCUT2D eigenvalue weighted by molar-refractivity contribution is -0.127. The third-order valence-electron chi connectivity index (χ3n) is 4.22. The number of imidazole rings is 1. The van der Waals surface area contributed by atoms with E-state index in [1.807, 2.05) is 20.3 Å². The average Bonchev–Trinajstić information content (AvgIpc) is 3.18. The molecule has 0 unspecified atom stereocenters. The summed E-state index contributed by atoms with van der Waals surface area (Å²) in [6.07, 6.45) is 7.35. The molecule has 1 saturated heterocycles. The van der Waals surface area contributed by atoms with Crippen molar-refractivity contribution in [1.82, 2.24) is 29.5 Å². The van der Waals surface area contributed by atoms with Gasteiger partial charge in [0.2, 0.25) is 5.91 Å². The third kappa shape index (κ3) is 2.96. The highest BCUT2D eigenvalue weighted by Crippen LogP contribution is 2.36. The van der Waals surface area contributed by atoms with E-state index in [9.17, 15) is 9.59 Å². The number of amides is 2. The number of carbonyl (C=O) groups is 2. The number of carbonyl (C=O) groups excluding carboxylic acids is 2. The van der Waals surface area contributed by atoms with E-state index >= 15 is 0 Å². The molecule has 1 aliphatic heterocycles. The van der Waals surface area contributed by atoms with Gasteiger partial charge in [-0.05, 0) is 0 Å². The molecule has 2 amide bonds. The normalized spacial score (nSPS) is 21.0. The second-order valence-electron chi connectivity index (χ2n) is 6.00. The van der Waals surface area contributed by atoms with Crippen molar-refractivity contribution in [3.05, 3.63) is 36.2 Å². The van der Waals surface area contributed by atoms with Crippen molar-refractivity contribution in [2.75, 3.05) is 13.6 Å². The number of aryl methyl sites for hydroxylation is 2. The SMILES string of the molecule is CN1C(=O)C[C@@H](CNC(=O)c2cn(C)cn2)[C@@H]1c1cnn(C)c1. The number of aromatic nitrogens is 4. The van der Waals surface area contributed by atoms with Gasteiger partial charge >= 0.3 is 0 Å². The first kappa shape index (κ1) is 15.3. The second-order valence-corrected chi connectivity index (χ2v) is 6.00. The summed E-state index contributed by atoms with van der Waals surface area (Å²) in [6, 6.07) is -0.0692. The van der Waals surface area contributed by atoms with Crippen LogP contribution < -0.4 is 5.32 Å². The first-order valence-electron chi connectivity index (χ1n) is 7.46. The molecule has 2 aromatic rings. The number of hydrogen-bond donors (Lipinski definition) is 1. The molecule has 23 heavy (non-hydrogen) atoms. The van der Waals surface area contributed by atoms with Crippen LogP contribution in [0, 0.1) is 5.92 Å². The summed E-state index contributed by atoms with van der Waals surface area (Å²) < 4.78 is 3.44. The molecule has 3 rings (SSSR count). The Bertz CT molecular complexity index is 734. The van der Waals surface area contributed by atoms with Crippen LogP contribution in [0.15, 0.2) is 24.9 Å². The van der Waals surface area contributed by atoms with Gasteiger partial charge in [0.15, 0.2) is 0 Å². The van der Waals surface area contributed by atoms with Gasteiger partial charge in [-0.15, -0.1) is 0 Å². The molecule has 2 atom stereocenters. The molecular formula is C15H20N6O2. The Balaban J connectivity index is 1.70. The Morgan fingerprint density at radius 3 is 2.74 bits per heavy atom. The zero-order valence-electron chi connectivity index (χ0n) is 13.4. The van der Waals surface area contributed by atoms with E-state index in [2.05, 4.69) is 15.4 Å². The maximum absolute atomic E-state index is 12.1. The number of likely N-dealkylation sites (tertiary alicyclic amines) is 1. The molecule has 1 fully saturated rings. The maximum atomic E-state index is 12.1. The number of rotatable bonds is 4. The summed E-state index contributed by atoms with van der Waals surface area (Å²) in [5, 5.41) is 7.06. The van der Waals surface area contributed by atoms with Crippen LogP contribution in [0.2, 0.25) is 0 Å². The van der Waals surface area contributed by atoms with E-state index in [4.69, 9.17) is 0 Å². The second kappa shape index (κ2) is 5.86. The molecule has 0 bridgehead atoms. The van der Waals surface area contributed by atoms with Crippen molar-refractivity contribution >= 4 is 11.8 Å². The summed E-state index contributed by atoms with van der Waals surface area (Å²) >= 11 is 0. The highest BCUT2D eigenvalue weighted by atomic mass is 16.2. The van der Waals surface area contributed by atoms with Crippen LogP contribution in [-0.2, 0) is 18.9 Å². The third-order valence-corrected chi connectivity index (χ3v) is 4.22. The van der Waals surface area contributed by atoms with Crippen molar-refractivity contribution in [2.24, 2.45) is 20.0 Å². The monoisotopic (exact) mass is 316 g/mol. The predicted octanol–water partition coefficient (Wildman–Crippen LogP) is 0.103. The van der Waals surface area contributed by atoms with E-state index < -0.39 is 0 Å². The highest BCUT2D eigenvalue weighted by molar-refractivity contribution is 5.92. The minimum absolute atomic E-state index is 0.0179. The van der Waals surface area contributed by atoms with Gasteiger partial charge in [0, 0.05) is 58.0 Å². The van der Waals surface area contributed by atoms with Crippen LogP contribution in [0.1, 0.15) is 28.5 Å². The summed E-state index contributed by atoms with van der Waals surface area (Å²) in [6.45, 7) is 0.422. The first-order chi connectivity index (χ1) is 11.0. The van der Waals surface area contributed by atoms with E-state index in [0.717, 1.165) is 5.56 Å². The molecule has 1 aliphatic rings. The lowest BCUT2D eigenvalue weighted by Gasteiger charge is -2.24. The molecule has 3 heterocycles. The van der Waals surface area contributed by atoms with E-state index in [0.29, 0.717) is 18.7 Å². The molecule has 8 nitrogen and oxygen atoms in total. The Hall–Kier alpha value is -2.64. The maximum Gasteiger partial charge on any atom is 0.271 e. The zero-order chi connectivity index (χ0) is 16.6. The van der Waals surface area contributed by atoms with Crippen molar-refractivity contribution in [3.63, 3.8) is 0 Å². The molecule has 0 saturated carbocycles. The fourth-order valence-corrected chi connectivity index (χ4v) is 3.07. The largest absolute Gasteiger partial charge is 0.350 e. The molecule has 8 heteroatoms. The Labute approximate surface area is 134 Å². The quantitative estimate of drug-likeness (QED) is 0.867. The lowest BCUT2D eigenvalue weighted by atomic mass is 9.95. The van der Waals surface area contributed by atoms with Crippen molar-refractivity contribution in [2.45, 2.75) is 12.5 Å². The standard InChI is InChI=1S/C15H20N6O2/c1-19-8-12(17-9-19)15(23)16-5-10-4-13(22)21(3)14(10)11-6-18-20(2)7-11/h6-10,14H,4-5H2,1-3H3,(H,16,23)/t10-,14+/m0/s1. The van der Waals surface area contributed by atoms with Gasteiger partial charge in [0.1, 0.15) is 5.69 Å². The molecule has 1 N–H and O–H groups in total. The fraction of sp³-hybridized carbons (Fsp3) is 0.467. The smallest absolute Gasteiger partial charge is 0.271 e. The Kier molecular flexibility index (Phi) is 3.89. The van der Waals surface area contributed by atoms with Crippen molar-refractivity contribution < 1.29 is 9.59 Å². The van der Waals surface area contributed by atoms with Gasteiger partial charge in [-0.3, -0.25) is 14.3 Å². The van der Waals surface area contributed by atoms with Gasteiger partial charge in [0.05, 0.1) is 18.6 Å². The fourth-order valence-electron chi connectivity index (χ4n) is 3.07. The van der Waals surface area contributed by atoms with Gasteiger partial charge in [-0.2, -0.15) is 5.10 Å². The van der Waals surface area contributed by atoms with Crippen LogP contribution in [0.4, 0.5) is 0 Å². The molecule has 0 aromatic carbocycles. The van der Waals surface area contributed by atoms with Crippen molar-refractivity contribution in [1.29, 1.82) is 0 Å². The summed E-state index contributed by atoms with van der Waals surface area (Å²) in [5.41, 5.74) is 1.36. The molecule has 0 spiro atoms. The zero-order valence-corrected chi connectivity index (χ0v) is 13.4. The molecule has 122 valence electrons. The molecule has 0 radical (unpaired) electrons. The average molecular weight is 316 g/mol. The topological polar surface area (TPSA) is 85.1 Å². The van der Waals surface area contributed by atoms with Crippen LogP contribution in [0.3, 0.4) is 0 Å². The summed E-state index contributed by atoms with van der Waals surface area (Å²) in [4.78, 5) is 29.9. The van der Waals surface area contributed by atoms with E-state index in [1.165, 1.54) is 0 Å². The summed E-state index contributed by atoms with van der Waals surface area (Å²) in [5.74, 6) is -0.127. The van der Waals surface area contributed by atoms with Gasteiger partial charge < -0.3 is 14.8 Å². The minimum Gasteiger partial charge on any atom is -0.350 e. The highest BCUT2D eigenvalue weighted by Gasteiger charge is 2.39. The minimum atomic E-state index is -0.225. The predicted molar refractivity (Wildman–Crippen MR) is 82.4 cm³/mol. The summed E-state index contributed by atoms with van der Waals surface area (Å²) in [7, 11) is 5.45. The van der Waals surface area contributed by atoms with Gasteiger partial charge in [-0.1, -0.05) is 0 Å². The van der Waals surface area contributed by atoms with Crippen LogP contribution in [-0.4, -0.2) is 49.6 Å². The Morgan fingerprint density at radius 2 is 2.13 bits per heavy atom. The van der Waals surface area contributed by atoms with Crippen LogP contribution in [0.25, 0.3) is 0 Å². The lowest BCUT2D eigenvalue weighted by Crippen LogP contribution is -2.32. The van der Waals surface area contributed by atoms with Crippen molar-refractivity contribution in [3.8, 4) is 0 Å². The van der Waals surface area contributed by atoms with E-state index in [1.54, 1.807) is 39.9 Å². The number of nitrogens with zero attached hydrogens (tertiary/aromatic N) is 5. The van der Waals surface area contributed by atoms with Crippen LogP contribution in [0.5, 0.6) is 0 Å². The van der Waals surface area contributed by atoms with Crippen LogP contribution >= 0.6 is 0 Å². The number of nitrogens with one attached hydrogen (secondary N) is 1. The Morgan fingerprint density at radius 1 is 1.35 bits per heavy atom. The van der Waals surface area contributed by atoms with E-state index in [-0.39, 0.29) is 23.8 Å². The first-order valence-corrected chi connectivity index (χ1v) is 7.46. The number of hydrogen-bond acceptors (Lipinski definition) is 4.